The minimum absolute atomic E-state index is 0.205. The maximum Gasteiger partial charge on any atom is 0.433 e. The van der Waals surface area contributed by atoms with Gasteiger partial charge >= 0.3 is 17.9 Å². The number of nitrogens with zero attached hydrogens (tertiary/aromatic N) is 5. The molecule has 3 N–H and O–H groups in total. The molecule has 0 bridgehead atoms. The van der Waals surface area contributed by atoms with E-state index in [1.807, 2.05) is 0 Å². The predicted molar refractivity (Wildman–Crippen MR) is 159 cm³/mol. The van der Waals surface area contributed by atoms with Crippen LogP contribution in [-0.2, 0) is 4.79 Å². The van der Waals surface area contributed by atoms with Gasteiger partial charge < -0.3 is 14.6 Å². The monoisotopic (exact) mass is 629 g/mol. The first kappa shape index (κ1) is 31.0. The van der Waals surface area contributed by atoms with Crippen molar-refractivity contribution in [2.75, 3.05) is 16.8 Å². The second-order valence-corrected chi connectivity index (χ2v) is 10.5. The predicted octanol–water partition coefficient (Wildman–Crippen LogP) is 5.58. The molecule has 3 aromatic rings. The first-order chi connectivity index (χ1) is 20.4. The molecule has 4 rings (SSSR count). The van der Waals surface area contributed by atoms with Crippen molar-refractivity contribution in [1.82, 2.24) is 15.4 Å². The Morgan fingerprint density at radius 2 is 1.74 bits per heavy atom. The number of hydroxylamine groups is 2. The Bertz CT molecular complexity index is 1570. The lowest BCUT2D eigenvalue weighted by atomic mass is 9.99. The van der Waals surface area contributed by atoms with Crippen molar-refractivity contribution in [3.05, 3.63) is 92.7 Å². The molecule has 2 heterocycles. The summed E-state index contributed by atoms with van der Waals surface area (Å²) in [5, 5.41) is 29.4. The number of furan rings is 1. The molecule has 16 heteroatoms. The third-order valence-corrected chi connectivity index (χ3v) is 6.86. The number of carbonyl (C=O) groups excluding carboxylic acids is 3. The number of urea groups is 2. The smallest absolute Gasteiger partial charge is 0.401 e. The van der Waals surface area contributed by atoms with E-state index in [4.69, 9.17) is 27.6 Å². The van der Waals surface area contributed by atoms with Crippen LogP contribution in [-0.4, -0.2) is 62.5 Å². The van der Waals surface area contributed by atoms with E-state index < -0.39 is 47.0 Å². The number of rotatable bonds is 9. The molecule has 0 radical (unpaired) electrons. The second kappa shape index (κ2) is 12.9. The molecule has 1 aliphatic heterocycles. The van der Waals surface area contributed by atoms with Gasteiger partial charge in [0.25, 0.3) is 5.91 Å². The highest BCUT2D eigenvalue weighted by molar-refractivity contribution is 6.31. The van der Waals surface area contributed by atoms with Crippen LogP contribution in [0.2, 0.25) is 10.0 Å². The van der Waals surface area contributed by atoms with Gasteiger partial charge in [-0.1, -0.05) is 23.2 Å². The van der Waals surface area contributed by atoms with Crippen molar-refractivity contribution in [1.29, 1.82) is 0 Å². The van der Waals surface area contributed by atoms with Crippen LogP contribution in [0.4, 0.5) is 26.8 Å². The molecule has 14 nitrogen and oxygen atoms in total. The maximum absolute atomic E-state index is 13.7. The second-order valence-electron chi connectivity index (χ2n) is 9.63. The summed E-state index contributed by atoms with van der Waals surface area (Å²) < 4.78 is 4.98. The largest absolute Gasteiger partial charge is 0.433 e. The zero-order valence-corrected chi connectivity index (χ0v) is 24.2. The van der Waals surface area contributed by atoms with Crippen LogP contribution in [0, 0.1) is 10.1 Å². The van der Waals surface area contributed by atoms with Gasteiger partial charge in [-0.3, -0.25) is 25.0 Å². The van der Waals surface area contributed by atoms with E-state index in [1.165, 1.54) is 40.3 Å². The highest BCUT2D eigenvalue weighted by Gasteiger charge is 2.56. The van der Waals surface area contributed by atoms with Crippen LogP contribution in [0.3, 0.4) is 0 Å². The van der Waals surface area contributed by atoms with Gasteiger partial charge in [0.15, 0.2) is 6.17 Å². The number of hydrazone groups is 1. The van der Waals surface area contributed by atoms with Crippen molar-refractivity contribution in [3.8, 4) is 0 Å². The molecule has 1 unspecified atom stereocenters. The summed E-state index contributed by atoms with van der Waals surface area (Å²) in [7, 11) is 0. The van der Waals surface area contributed by atoms with Crippen LogP contribution in [0.1, 0.15) is 19.6 Å². The number of benzene rings is 2. The van der Waals surface area contributed by atoms with Crippen LogP contribution in [0.25, 0.3) is 6.08 Å². The number of amides is 5. The number of hydrogen-bond acceptors (Lipinski definition) is 8. The molecule has 0 spiro atoms. The van der Waals surface area contributed by atoms with Gasteiger partial charge in [0, 0.05) is 27.6 Å². The molecule has 1 saturated heterocycles. The number of nitrogens with one attached hydrogen (secondary N) is 2. The van der Waals surface area contributed by atoms with E-state index in [1.54, 1.807) is 62.4 Å². The summed E-state index contributed by atoms with van der Waals surface area (Å²) in [4.78, 5) is 52.0. The summed E-state index contributed by atoms with van der Waals surface area (Å²) in [6, 6.07) is 13.4. The molecular weight excluding hydrogens is 605 g/mol. The Balaban J connectivity index is 1.50. The molecule has 1 aromatic heterocycles. The Kier molecular flexibility index (Phi) is 9.34. The summed E-state index contributed by atoms with van der Waals surface area (Å²) in [5.41, 5.74) is 1.64. The molecule has 2 aromatic carbocycles. The van der Waals surface area contributed by atoms with Crippen LogP contribution < -0.4 is 15.6 Å². The molecule has 1 fully saturated rings. The highest BCUT2D eigenvalue weighted by Crippen LogP contribution is 2.38. The Morgan fingerprint density at radius 1 is 1.12 bits per heavy atom. The van der Waals surface area contributed by atoms with Crippen molar-refractivity contribution in [2.24, 2.45) is 5.10 Å². The lowest BCUT2D eigenvalue weighted by Gasteiger charge is -2.38. The Labute approximate surface area is 254 Å². The van der Waals surface area contributed by atoms with E-state index in [0.29, 0.717) is 26.5 Å². The third kappa shape index (κ3) is 7.12. The van der Waals surface area contributed by atoms with Gasteiger partial charge in [-0.2, -0.15) is 10.2 Å². The summed E-state index contributed by atoms with van der Waals surface area (Å²) in [6.07, 6.45) is 2.71. The molecule has 1 atom stereocenters. The van der Waals surface area contributed by atoms with Gasteiger partial charge in [-0.05, 0) is 80.6 Å². The topological polar surface area (TPSA) is 174 Å². The number of allylic oxidation sites excluding steroid dienone is 1. The van der Waals surface area contributed by atoms with Crippen LogP contribution >= 0.6 is 23.2 Å². The summed E-state index contributed by atoms with van der Waals surface area (Å²) >= 11 is 11.9. The fourth-order valence-electron chi connectivity index (χ4n) is 4.29. The number of nitro groups is 1. The van der Waals surface area contributed by atoms with E-state index >= 15 is 0 Å². The average molecular weight is 630 g/mol. The van der Waals surface area contributed by atoms with Gasteiger partial charge in [0.2, 0.25) is 0 Å². The van der Waals surface area contributed by atoms with Gasteiger partial charge in [0.05, 0.1) is 11.6 Å². The number of anilines is 2. The minimum Gasteiger partial charge on any atom is -0.401 e. The molecule has 224 valence electrons. The van der Waals surface area contributed by atoms with Gasteiger partial charge in [-0.15, -0.1) is 0 Å². The molecule has 1 aliphatic rings. The SMILES string of the molecule is CC1(C)C(N(O)C(=O)Nc2ccc(Cl)cc2)N(c2ccc(Cl)cc2)C(=O)N1CC(=O)N/N=C\C=C\c1ccc([N+](=O)[O-])o1. The molecular formula is C27H25Cl2N7O7. The third-order valence-electron chi connectivity index (χ3n) is 6.35. The van der Waals surface area contributed by atoms with Crippen LogP contribution in [0.5, 0.6) is 0 Å². The summed E-state index contributed by atoms with van der Waals surface area (Å²) in [5.74, 6) is -0.889. The van der Waals surface area contributed by atoms with E-state index in [9.17, 15) is 29.7 Å². The van der Waals surface area contributed by atoms with Crippen molar-refractivity contribution in [2.45, 2.75) is 25.6 Å². The first-order valence-electron chi connectivity index (χ1n) is 12.5. The zero-order chi connectivity index (χ0) is 31.3. The zero-order valence-electron chi connectivity index (χ0n) is 22.7. The van der Waals surface area contributed by atoms with E-state index in [0.717, 1.165) is 0 Å². The fraction of sp³-hybridized carbons (Fsp3) is 0.185. The standard InChI is InChI=1S/C27H25Cl2N7O7/c1-27(2)24(35(40)25(38)31-19-9-5-17(28)6-10-19)34(20-11-7-18(29)8-12-20)26(39)33(27)16-22(37)32-30-15-3-4-21-13-14-23(43-21)36(41)42/h3-15,24,40H,16H2,1-2H3,(H,31,38)(H,32,37)/b4-3+,30-15-. The number of carbonyl (C=O) groups is 3. The Hall–Kier alpha value is -4.92. The van der Waals surface area contributed by atoms with E-state index in [2.05, 4.69) is 15.8 Å². The lowest BCUT2D eigenvalue weighted by Crippen LogP contribution is -2.58. The molecule has 0 aliphatic carbocycles. The molecule has 43 heavy (non-hydrogen) atoms. The normalized spacial score (nSPS) is 16.2. The average Bonchev–Trinajstić information content (AvgIpc) is 3.51. The van der Waals surface area contributed by atoms with E-state index in [-0.39, 0.29) is 5.76 Å². The number of hydrogen-bond donors (Lipinski definition) is 3. The molecule has 5 amide bonds. The van der Waals surface area contributed by atoms with Gasteiger partial charge in [-0.25, -0.2) is 15.0 Å². The van der Waals surface area contributed by atoms with Crippen molar-refractivity contribution in [3.63, 3.8) is 0 Å². The van der Waals surface area contributed by atoms with Crippen molar-refractivity contribution >= 4 is 70.7 Å². The highest BCUT2D eigenvalue weighted by atomic mass is 35.5. The molecule has 0 saturated carbocycles. The van der Waals surface area contributed by atoms with Gasteiger partial charge in [0.1, 0.15) is 17.2 Å². The quantitative estimate of drug-likeness (QED) is 0.120. The fourth-order valence-corrected chi connectivity index (χ4v) is 4.55. The Morgan fingerprint density at radius 3 is 2.35 bits per heavy atom. The minimum atomic E-state index is -1.31. The van der Waals surface area contributed by atoms with Crippen molar-refractivity contribution < 1.29 is 28.9 Å². The maximum atomic E-state index is 13.7. The number of halogens is 2. The summed E-state index contributed by atoms with van der Waals surface area (Å²) in [6.45, 7) is 2.70. The van der Waals surface area contributed by atoms with Crippen LogP contribution in [0.15, 0.2) is 76.3 Å². The lowest BCUT2D eigenvalue weighted by molar-refractivity contribution is -0.402. The first-order valence-corrected chi connectivity index (χ1v) is 13.3.